The molecular formula is C18H34IN5O2. The molecule has 0 spiro atoms. The van der Waals surface area contributed by atoms with Crippen molar-refractivity contribution in [3.63, 3.8) is 0 Å². The van der Waals surface area contributed by atoms with Gasteiger partial charge in [0.1, 0.15) is 0 Å². The normalized spacial score (nSPS) is 21.1. The van der Waals surface area contributed by atoms with Gasteiger partial charge in [0.2, 0.25) is 11.8 Å². The minimum absolute atomic E-state index is 0. The van der Waals surface area contributed by atoms with Crippen LogP contribution in [0.2, 0.25) is 0 Å². The monoisotopic (exact) mass is 479 g/mol. The third kappa shape index (κ3) is 6.92. The number of halogens is 1. The lowest BCUT2D eigenvalue weighted by Gasteiger charge is -2.26. The van der Waals surface area contributed by atoms with Crippen LogP contribution in [0.1, 0.15) is 44.9 Å². The van der Waals surface area contributed by atoms with E-state index in [2.05, 4.69) is 15.6 Å². The molecule has 7 nitrogen and oxygen atoms in total. The molecule has 2 N–H and O–H groups in total. The number of likely N-dealkylation sites (tertiary alicyclic amines) is 1. The summed E-state index contributed by atoms with van der Waals surface area (Å²) in [5, 5.41) is 6.55. The van der Waals surface area contributed by atoms with Gasteiger partial charge in [0.25, 0.3) is 0 Å². The van der Waals surface area contributed by atoms with E-state index in [0.29, 0.717) is 24.8 Å². The van der Waals surface area contributed by atoms with Crippen molar-refractivity contribution in [1.82, 2.24) is 20.4 Å². The van der Waals surface area contributed by atoms with Crippen LogP contribution in [0, 0.1) is 5.92 Å². The fourth-order valence-corrected chi connectivity index (χ4v) is 3.59. The number of rotatable bonds is 5. The highest BCUT2D eigenvalue weighted by molar-refractivity contribution is 14.0. The first-order valence-electron chi connectivity index (χ1n) is 9.47. The molecule has 2 aliphatic rings. The average molecular weight is 479 g/mol. The molecule has 0 aromatic rings. The number of carbonyl (C=O) groups is 2. The minimum Gasteiger partial charge on any atom is -0.356 e. The number of nitrogens with one attached hydrogen (secondary N) is 2. The van der Waals surface area contributed by atoms with Crippen LogP contribution in [0.5, 0.6) is 0 Å². The zero-order valence-corrected chi connectivity index (χ0v) is 18.6. The minimum atomic E-state index is 0. The summed E-state index contributed by atoms with van der Waals surface area (Å²) in [4.78, 5) is 32.0. The number of hydrogen-bond acceptors (Lipinski definition) is 3. The van der Waals surface area contributed by atoms with Crippen LogP contribution in [0.4, 0.5) is 0 Å². The first-order valence-corrected chi connectivity index (χ1v) is 9.47. The summed E-state index contributed by atoms with van der Waals surface area (Å²) in [5.74, 6) is 1.36. The van der Waals surface area contributed by atoms with Gasteiger partial charge in [-0.05, 0) is 19.3 Å². The van der Waals surface area contributed by atoms with Gasteiger partial charge in [-0.2, -0.15) is 0 Å². The molecule has 1 atom stereocenters. The summed E-state index contributed by atoms with van der Waals surface area (Å²) in [6.45, 7) is 2.11. The smallest absolute Gasteiger partial charge is 0.225 e. The Hall–Kier alpha value is -1.06. The van der Waals surface area contributed by atoms with Gasteiger partial charge in [-0.3, -0.25) is 14.6 Å². The molecule has 2 rings (SSSR count). The van der Waals surface area contributed by atoms with E-state index in [-0.39, 0.29) is 41.8 Å². The fourth-order valence-electron chi connectivity index (χ4n) is 3.59. The topological polar surface area (TPSA) is 77.0 Å². The van der Waals surface area contributed by atoms with E-state index in [1.165, 1.54) is 19.3 Å². The lowest BCUT2D eigenvalue weighted by atomic mass is 9.88. The molecule has 0 aromatic carbocycles. The van der Waals surface area contributed by atoms with Crippen molar-refractivity contribution in [3.8, 4) is 0 Å². The molecule has 150 valence electrons. The summed E-state index contributed by atoms with van der Waals surface area (Å²) in [6, 6.07) is 0.225. The molecule has 1 saturated carbocycles. The Bertz CT molecular complexity index is 492. The van der Waals surface area contributed by atoms with Crippen LogP contribution in [0.15, 0.2) is 4.99 Å². The van der Waals surface area contributed by atoms with Gasteiger partial charge in [0, 0.05) is 59.2 Å². The molecule has 1 aliphatic heterocycles. The molecule has 8 heteroatoms. The van der Waals surface area contributed by atoms with Crippen LogP contribution in [0.25, 0.3) is 0 Å². The van der Waals surface area contributed by atoms with Crippen molar-refractivity contribution < 1.29 is 9.59 Å². The highest BCUT2D eigenvalue weighted by Gasteiger charge is 2.31. The second kappa shape index (κ2) is 11.6. The first-order chi connectivity index (χ1) is 12.0. The number of amides is 2. The number of carbonyl (C=O) groups excluding carboxylic acids is 2. The molecule has 1 aliphatic carbocycles. The van der Waals surface area contributed by atoms with Crippen LogP contribution < -0.4 is 10.6 Å². The van der Waals surface area contributed by atoms with Crippen LogP contribution in [-0.2, 0) is 9.59 Å². The van der Waals surface area contributed by atoms with Crippen molar-refractivity contribution in [2.75, 3.05) is 40.8 Å². The van der Waals surface area contributed by atoms with Gasteiger partial charge in [-0.15, -0.1) is 24.0 Å². The third-order valence-corrected chi connectivity index (χ3v) is 5.15. The van der Waals surface area contributed by atoms with Gasteiger partial charge < -0.3 is 20.4 Å². The van der Waals surface area contributed by atoms with E-state index in [9.17, 15) is 9.59 Å². The second-order valence-electron chi connectivity index (χ2n) is 7.29. The molecule has 2 fully saturated rings. The third-order valence-electron chi connectivity index (χ3n) is 5.15. The standard InChI is InChI=1S/C18H33N5O2.HI/c1-19-18(20-11-9-16(24)22(2)3)21-15-10-12-23(13-15)17(25)14-7-5-4-6-8-14;/h14-15H,4-13H2,1-3H3,(H2,19,20,21);1H. The Morgan fingerprint density at radius 1 is 1.15 bits per heavy atom. The Labute approximate surface area is 174 Å². The van der Waals surface area contributed by atoms with Crippen LogP contribution in [0.3, 0.4) is 0 Å². The van der Waals surface area contributed by atoms with Gasteiger partial charge >= 0.3 is 0 Å². The Kier molecular flexibility index (Phi) is 10.3. The number of hydrogen-bond donors (Lipinski definition) is 2. The van der Waals surface area contributed by atoms with Gasteiger partial charge in [-0.25, -0.2) is 0 Å². The maximum Gasteiger partial charge on any atom is 0.225 e. The summed E-state index contributed by atoms with van der Waals surface area (Å²) < 4.78 is 0. The molecular weight excluding hydrogens is 445 g/mol. The maximum absolute atomic E-state index is 12.6. The van der Waals surface area contributed by atoms with Crippen molar-refractivity contribution in [1.29, 1.82) is 0 Å². The fraction of sp³-hybridized carbons (Fsp3) is 0.833. The number of aliphatic imine (C=N–C) groups is 1. The predicted molar refractivity (Wildman–Crippen MR) is 115 cm³/mol. The summed E-state index contributed by atoms with van der Waals surface area (Å²) in [5.41, 5.74) is 0. The average Bonchev–Trinajstić information content (AvgIpc) is 3.09. The zero-order valence-electron chi connectivity index (χ0n) is 16.3. The highest BCUT2D eigenvalue weighted by Crippen LogP contribution is 2.26. The largest absolute Gasteiger partial charge is 0.356 e. The van der Waals surface area contributed by atoms with Crippen molar-refractivity contribution in [3.05, 3.63) is 0 Å². The van der Waals surface area contributed by atoms with Gasteiger partial charge in [-0.1, -0.05) is 19.3 Å². The number of guanidine groups is 1. The maximum atomic E-state index is 12.6. The molecule has 0 radical (unpaired) electrons. The van der Waals surface area contributed by atoms with E-state index in [4.69, 9.17) is 0 Å². The SMILES string of the molecule is CN=C(NCCC(=O)N(C)C)NC1CCN(C(=O)C2CCCCC2)C1.I. The highest BCUT2D eigenvalue weighted by atomic mass is 127. The van der Waals surface area contributed by atoms with Crippen LogP contribution >= 0.6 is 24.0 Å². The molecule has 26 heavy (non-hydrogen) atoms. The summed E-state index contributed by atoms with van der Waals surface area (Å²) in [6.07, 6.45) is 7.13. The zero-order chi connectivity index (χ0) is 18.2. The first kappa shape index (κ1) is 23.0. The van der Waals surface area contributed by atoms with E-state index in [1.807, 2.05) is 4.90 Å². The van der Waals surface area contributed by atoms with E-state index >= 15 is 0 Å². The van der Waals surface area contributed by atoms with E-state index in [1.54, 1.807) is 26.0 Å². The van der Waals surface area contributed by atoms with Gasteiger partial charge in [0.15, 0.2) is 5.96 Å². The van der Waals surface area contributed by atoms with Crippen molar-refractivity contribution in [2.45, 2.75) is 51.0 Å². The van der Waals surface area contributed by atoms with Crippen LogP contribution in [-0.4, -0.2) is 74.4 Å². The second-order valence-corrected chi connectivity index (χ2v) is 7.29. The molecule has 0 aromatic heterocycles. The predicted octanol–water partition coefficient (Wildman–Crippen LogP) is 1.43. The van der Waals surface area contributed by atoms with Crippen molar-refractivity contribution in [2.24, 2.45) is 10.9 Å². The molecule has 2 amide bonds. The lowest BCUT2D eigenvalue weighted by Crippen LogP contribution is -2.46. The number of nitrogens with zero attached hydrogens (tertiary/aromatic N) is 3. The summed E-state index contributed by atoms with van der Waals surface area (Å²) >= 11 is 0. The molecule has 0 bridgehead atoms. The van der Waals surface area contributed by atoms with E-state index in [0.717, 1.165) is 32.4 Å². The quantitative estimate of drug-likeness (QED) is 0.356. The van der Waals surface area contributed by atoms with Gasteiger partial charge in [0.05, 0.1) is 0 Å². The molecule has 1 heterocycles. The Balaban J connectivity index is 0.00000338. The van der Waals surface area contributed by atoms with E-state index < -0.39 is 0 Å². The molecule has 1 saturated heterocycles. The lowest BCUT2D eigenvalue weighted by molar-refractivity contribution is -0.135. The Morgan fingerprint density at radius 2 is 1.85 bits per heavy atom. The van der Waals surface area contributed by atoms with Crippen molar-refractivity contribution >= 4 is 41.8 Å². The summed E-state index contributed by atoms with van der Waals surface area (Å²) in [7, 11) is 5.24. The molecule has 1 unspecified atom stereocenters. The Morgan fingerprint density at radius 3 is 2.46 bits per heavy atom.